The average molecular weight is 486 g/mol. The number of halogens is 3. The van der Waals surface area contributed by atoms with Crippen molar-refractivity contribution in [3.63, 3.8) is 0 Å². The highest BCUT2D eigenvalue weighted by atomic mass is 32.2. The number of aryl methyl sites for hydroxylation is 1. The number of hydrogen-bond acceptors (Lipinski definition) is 6. The molecule has 174 valence electrons. The van der Waals surface area contributed by atoms with Gasteiger partial charge in [-0.1, -0.05) is 0 Å². The van der Waals surface area contributed by atoms with Gasteiger partial charge in [-0.2, -0.15) is 23.2 Å². The number of aromatic nitrogens is 4. The van der Waals surface area contributed by atoms with Crippen LogP contribution in [-0.2, 0) is 10.0 Å². The van der Waals surface area contributed by atoms with Crippen molar-refractivity contribution in [3.05, 3.63) is 66.2 Å². The van der Waals surface area contributed by atoms with Crippen molar-refractivity contribution in [2.45, 2.75) is 31.0 Å². The van der Waals surface area contributed by atoms with E-state index in [2.05, 4.69) is 21.0 Å². The highest BCUT2D eigenvalue weighted by Crippen LogP contribution is 2.35. The summed E-state index contributed by atoms with van der Waals surface area (Å²) in [5.74, 6) is 0. The van der Waals surface area contributed by atoms with E-state index in [1.165, 1.54) is 6.07 Å². The van der Waals surface area contributed by atoms with Gasteiger partial charge < -0.3 is 0 Å². The number of nitrogens with one attached hydrogen (secondary N) is 1. The number of sulfonamides is 1. The molecule has 0 aliphatic carbocycles. The molecule has 4 rings (SSSR count). The van der Waals surface area contributed by atoms with Gasteiger partial charge in [-0.05, 0) is 49.7 Å². The number of rotatable bonds is 5. The summed E-state index contributed by atoms with van der Waals surface area (Å²) >= 11 is 0. The van der Waals surface area contributed by atoms with Gasteiger partial charge in [-0.25, -0.2) is 13.4 Å². The molecule has 4 aromatic heterocycles. The first kappa shape index (κ1) is 23.3. The summed E-state index contributed by atoms with van der Waals surface area (Å²) in [5, 5.41) is 10.5. The maximum atomic E-state index is 12.8. The van der Waals surface area contributed by atoms with Crippen LogP contribution in [-0.4, -0.2) is 40.2 Å². The summed E-state index contributed by atoms with van der Waals surface area (Å²) in [6.45, 7) is 2.55. The molecule has 0 radical (unpaired) electrons. The molecule has 0 spiro atoms. The summed E-state index contributed by atoms with van der Waals surface area (Å²) in [6.07, 6.45) is 1.01. The van der Waals surface area contributed by atoms with Gasteiger partial charge in [0.2, 0.25) is 10.0 Å². The SMILES string of the molecule is Cc1cnc2c(c1)c(C#N)c(-c1ccc(S(=O)(=O)N[C@@H](C)C(F)(F)F)cn1)n2-c1ccncc1. The summed E-state index contributed by atoms with van der Waals surface area (Å²) in [5.41, 5.74) is 2.85. The summed E-state index contributed by atoms with van der Waals surface area (Å²) in [4.78, 5) is 12.2. The molecule has 0 saturated heterocycles. The average Bonchev–Trinajstić information content (AvgIpc) is 3.12. The number of pyridine rings is 3. The molecule has 0 fully saturated rings. The smallest absolute Gasteiger partial charge is 0.291 e. The molecule has 0 aliphatic rings. The predicted molar refractivity (Wildman–Crippen MR) is 117 cm³/mol. The van der Waals surface area contributed by atoms with Gasteiger partial charge in [0, 0.05) is 30.2 Å². The Bertz CT molecular complexity index is 1510. The first-order chi connectivity index (χ1) is 16.0. The van der Waals surface area contributed by atoms with Crippen molar-refractivity contribution in [2.24, 2.45) is 0 Å². The first-order valence-electron chi connectivity index (χ1n) is 9.90. The molecule has 0 saturated carbocycles. The fourth-order valence-corrected chi connectivity index (χ4v) is 4.59. The Hall–Kier alpha value is -3.82. The maximum absolute atomic E-state index is 12.8. The number of alkyl halides is 3. The lowest BCUT2D eigenvalue weighted by molar-refractivity contribution is -0.147. The Morgan fingerprint density at radius 2 is 1.82 bits per heavy atom. The molecule has 1 N–H and O–H groups in total. The third-order valence-corrected chi connectivity index (χ3v) is 6.62. The van der Waals surface area contributed by atoms with Gasteiger partial charge in [0.25, 0.3) is 0 Å². The van der Waals surface area contributed by atoms with E-state index in [1.807, 2.05) is 13.0 Å². The molecule has 0 unspecified atom stereocenters. The number of nitrogens with zero attached hydrogens (tertiary/aromatic N) is 5. The number of fused-ring (bicyclic) bond motifs is 1. The maximum Gasteiger partial charge on any atom is 0.404 e. The van der Waals surface area contributed by atoms with Crippen molar-refractivity contribution in [1.29, 1.82) is 5.26 Å². The van der Waals surface area contributed by atoms with Crippen LogP contribution in [0.4, 0.5) is 13.2 Å². The second-order valence-electron chi connectivity index (χ2n) is 7.52. The molecular formula is C22H17F3N6O2S. The zero-order valence-corrected chi connectivity index (χ0v) is 18.7. The lowest BCUT2D eigenvalue weighted by Crippen LogP contribution is -2.42. The van der Waals surface area contributed by atoms with Crippen LogP contribution in [0, 0.1) is 18.3 Å². The lowest BCUT2D eigenvalue weighted by Gasteiger charge is -2.17. The van der Waals surface area contributed by atoms with Gasteiger partial charge in [0.05, 0.1) is 22.6 Å². The summed E-state index contributed by atoms with van der Waals surface area (Å²) in [7, 11) is -4.47. The predicted octanol–water partition coefficient (Wildman–Crippen LogP) is 3.89. The minimum absolute atomic E-state index is 0.242. The van der Waals surface area contributed by atoms with Gasteiger partial charge >= 0.3 is 6.18 Å². The van der Waals surface area contributed by atoms with Crippen LogP contribution >= 0.6 is 0 Å². The van der Waals surface area contributed by atoms with Gasteiger partial charge in [0.1, 0.15) is 22.7 Å². The minimum Gasteiger partial charge on any atom is -0.291 e. The second-order valence-corrected chi connectivity index (χ2v) is 9.24. The molecule has 1 atom stereocenters. The van der Waals surface area contributed by atoms with E-state index in [1.54, 1.807) is 40.0 Å². The van der Waals surface area contributed by atoms with Crippen LogP contribution in [0.1, 0.15) is 18.1 Å². The van der Waals surface area contributed by atoms with Crippen LogP contribution < -0.4 is 4.72 Å². The second kappa shape index (κ2) is 8.51. The molecule has 0 aromatic carbocycles. The Labute approximate surface area is 192 Å². The van der Waals surface area contributed by atoms with E-state index in [-0.39, 0.29) is 11.3 Å². The van der Waals surface area contributed by atoms with E-state index < -0.39 is 27.1 Å². The Kier molecular flexibility index (Phi) is 5.84. The number of hydrogen-bond donors (Lipinski definition) is 1. The van der Waals surface area contributed by atoms with Crippen LogP contribution in [0.3, 0.4) is 0 Å². The van der Waals surface area contributed by atoms with E-state index in [4.69, 9.17) is 0 Å². The minimum atomic E-state index is -4.74. The van der Waals surface area contributed by atoms with Crippen LogP contribution in [0.15, 0.2) is 60.0 Å². The zero-order valence-electron chi connectivity index (χ0n) is 17.9. The van der Waals surface area contributed by atoms with Crippen LogP contribution in [0.2, 0.25) is 0 Å². The van der Waals surface area contributed by atoms with Crippen molar-refractivity contribution >= 4 is 21.1 Å². The highest BCUT2D eigenvalue weighted by molar-refractivity contribution is 7.89. The Morgan fingerprint density at radius 3 is 2.41 bits per heavy atom. The molecule has 4 aromatic rings. The molecule has 8 nitrogen and oxygen atoms in total. The van der Waals surface area contributed by atoms with E-state index in [9.17, 15) is 26.9 Å². The molecule has 0 aliphatic heterocycles. The quantitative estimate of drug-likeness (QED) is 0.458. The topological polar surface area (TPSA) is 114 Å². The normalized spacial score (nSPS) is 13.1. The highest BCUT2D eigenvalue weighted by Gasteiger charge is 2.39. The molecular weight excluding hydrogens is 469 g/mol. The van der Waals surface area contributed by atoms with Gasteiger partial charge in [0.15, 0.2) is 0 Å². The van der Waals surface area contributed by atoms with Gasteiger partial charge in [-0.3, -0.25) is 14.5 Å². The Balaban J connectivity index is 1.87. The van der Waals surface area contributed by atoms with E-state index in [0.29, 0.717) is 29.3 Å². The molecule has 0 bridgehead atoms. The lowest BCUT2D eigenvalue weighted by atomic mass is 10.1. The van der Waals surface area contributed by atoms with Crippen LogP contribution in [0.25, 0.3) is 28.1 Å². The summed E-state index contributed by atoms with van der Waals surface area (Å²) in [6, 6.07) is 7.62. The largest absolute Gasteiger partial charge is 0.404 e. The third kappa shape index (κ3) is 4.23. The molecule has 4 heterocycles. The third-order valence-electron chi connectivity index (χ3n) is 5.09. The number of nitriles is 1. The zero-order chi connectivity index (χ0) is 24.7. The first-order valence-corrected chi connectivity index (χ1v) is 11.4. The fourth-order valence-electron chi connectivity index (χ4n) is 3.42. The van der Waals surface area contributed by atoms with E-state index >= 15 is 0 Å². The molecule has 12 heteroatoms. The standard InChI is InChI=1S/C22H17F3N6O2S/c1-13-9-17-18(10-26)20(31(21(17)29-11-13)15-5-7-27-8-6-15)19-4-3-16(12-28-19)34(32,33)30-14(2)22(23,24)25/h3-9,11-12,14,30H,1-2H3/t14-/m0/s1. The van der Waals surface area contributed by atoms with Gasteiger partial charge in [-0.15, -0.1) is 0 Å². The molecule has 0 amide bonds. The van der Waals surface area contributed by atoms with Crippen molar-refractivity contribution < 1.29 is 21.6 Å². The molecule has 34 heavy (non-hydrogen) atoms. The van der Waals surface area contributed by atoms with Crippen molar-refractivity contribution in [3.8, 4) is 23.1 Å². The van der Waals surface area contributed by atoms with Crippen LogP contribution in [0.5, 0.6) is 0 Å². The Morgan fingerprint density at radius 1 is 1.12 bits per heavy atom. The van der Waals surface area contributed by atoms with E-state index in [0.717, 1.165) is 17.8 Å². The monoisotopic (exact) mass is 486 g/mol. The summed E-state index contributed by atoms with van der Waals surface area (Å²) < 4.78 is 66.5. The van der Waals surface area contributed by atoms with Crippen molar-refractivity contribution in [2.75, 3.05) is 0 Å². The fraction of sp³-hybridized carbons (Fsp3) is 0.182. The van der Waals surface area contributed by atoms with Crippen molar-refractivity contribution in [1.82, 2.24) is 24.2 Å².